The van der Waals surface area contributed by atoms with Crippen LogP contribution in [0.1, 0.15) is 59.8 Å². The summed E-state index contributed by atoms with van der Waals surface area (Å²) in [6.07, 6.45) is 5.70. The van der Waals surface area contributed by atoms with E-state index in [1.54, 1.807) is 0 Å². The minimum atomic E-state index is -0.0970. The van der Waals surface area contributed by atoms with Crippen molar-refractivity contribution < 1.29 is 14.3 Å². The van der Waals surface area contributed by atoms with E-state index in [1.165, 1.54) is 19.3 Å². The van der Waals surface area contributed by atoms with E-state index in [0.29, 0.717) is 17.8 Å². The number of ether oxygens (including phenoxy) is 2. The van der Waals surface area contributed by atoms with Gasteiger partial charge >= 0.3 is 5.97 Å². The Morgan fingerprint density at radius 3 is 2.72 bits per heavy atom. The monoisotopic (exact) mass is 254 g/mol. The lowest BCUT2D eigenvalue weighted by molar-refractivity contribution is -0.152. The molecule has 2 fully saturated rings. The Kier molecular flexibility index (Phi) is 4.00. The van der Waals surface area contributed by atoms with Crippen LogP contribution in [0.2, 0.25) is 0 Å². The molecular formula is C15H26O3. The van der Waals surface area contributed by atoms with E-state index in [-0.39, 0.29) is 24.3 Å². The summed E-state index contributed by atoms with van der Waals surface area (Å²) in [7, 11) is 0. The van der Waals surface area contributed by atoms with Gasteiger partial charge in [-0.15, -0.1) is 0 Å². The number of carbonyl (C=O) groups is 1. The molecule has 0 bridgehead atoms. The Bertz CT molecular complexity index is 311. The first-order valence-electron chi connectivity index (χ1n) is 7.22. The molecule has 1 saturated heterocycles. The second kappa shape index (κ2) is 5.20. The van der Waals surface area contributed by atoms with Crippen molar-refractivity contribution >= 4 is 5.97 Å². The van der Waals surface area contributed by atoms with Crippen LogP contribution >= 0.6 is 0 Å². The van der Waals surface area contributed by atoms with Gasteiger partial charge in [0.05, 0.1) is 18.6 Å². The fraction of sp³-hybridized carbons (Fsp3) is 0.933. The van der Waals surface area contributed by atoms with Gasteiger partial charge in [-0.1, -0.05) is 20.3 Å². The summed E-state index contributed by atoms with van der Waals surface area (Å²) in [5.41, 5.74) is 0.400. The van der Waals surface area contributed by atoms with Crippen LogP contribution in [0.3, 0.4) is 0 Å². The maximum atomic E-state index is 11.8. The zero-order valence-electron chi connectivity index (χ0n) is 12.1. The van der Waals surface area contributed by atoms with Crippen molar-refractivity contribution in [3.63, 3.8) is 0 Å². The number of carbonyl (C=O) groups excluding carboxylic acids is 1. The van der Waals surface area contributed by atoms with Crippen LogP contribution in [0, 0.1) is 11.3 Å². The highest BCUT2D eigenvalue weighted by molar-refractivity contribution is 5.70. The molecule has 3 heteroatoms. The quantitative estimate of drug-likeness (QED) is 0.570. The van der Waals surface area contributed by atoms with E-state index in [0.717, 1.165) is 6.42 Å². The van der Waals surface area contributed by atoms with Crippen molar-refractivity contribution in [3.8, 4) is 0 Å². The van der Waals surface area contributed by atoms with E-state index >= 15 is 0 Å². The Balaban J connectivity index is 1.76. The molecule has 2 rings (SSSR count). The summed E-state index contributed by atoms with van der Waals surface area (Å²) in [5, 5.41) is 0. The molecule has 0 spiro atoms. The maximum Gasteiger partial charge on any atom is 0.308 e. The van der Waals surface area contributed by atoms with E-state index in [9.17, 15) is 4.79 Å². The van der Waals surface area contributed by atoms with Gasteiger partial charge in [-0.2, -0.15) is 0 Å². The Morgan fingerprint density at radius 1 is 1.50 bits per heavy atom. The lowest BCUT2D eigenvalue weighted by atomic mass is 9.71. The molecule has 104 valence electrons. The lowest BCUT2D eigenvalue weighted by Crippen LogP contribution is -2.32. The van der Waals surface area contributed by atoms with E-state index in [2.05, 4.69) is 13.8 Å². The lowest BCUT2D eigenvalue weighted by Gasteiger charge is -2.37. The SMILES string of the molecule is C[C@@H]1O[C@H]1CC(=O)O[C@H](C)C1CCCC(C)(C)C1. The van der Waals surface area contributed by atoms with Crippen molar-refractivity contribution in [1.82, 2.24) is 0 Å². The normalized spacial score (nSPS) is 35.9. The predicted octanol–water partition coefficient (Wildman–Crippen LogP) is 3.31. The van der Waals surface area contributed by atoms with Crippen molar-refractivity contribution in [2.45, 2.75) is 78.1 Å². The second-order valence-electron chi connectivity index (χ2n) is 6.80. The Morgan fingerprint density at radius 2 is 2.17 bits per heavy atom. The third-order valence-electron chi connectivity index (χ3n) is 4.43. The topological polar surface area (TPSA) is 38.8 Å². The van der Waals surface area contributed by atoms with Gasteiger partial charge in [-0.05, 0) is 44.4 Å². The summed E-state index contributed by atoms with van der Waals surface area (Å²) in [4.78, 5) is 11.8. The van der Waals surface area contributed by atoms with Gasteiger partial charge in [0.15, 0.2) is 0 Å². The van der Waals surface area contributed by atoms with Crippen LogP contribution in [-0.4, -0.2) is 24.3 Å². The summed E-state index contributed by atoms with van der Waals surface area (Å²) in [6, 6.07) is 0. The van der Waals surface area contributed by atoms with Crippen LogP contribution in [-0.2, 0) is 14.3 Å². The number of rotatable bonds is 4. The average Bonchev–Trinajstić information content (AvgIpc) is 2.92. The highest BCUT2D eigenvalue weighted by Crippen LogP contribution is 2.40. The number of hydrogen-bond acceptors (Lipinski definition) is 3. The molecule has 3 nitrogen and oxygen atoms in total. The van der Waals surface area contributed by atoms with Gasteiger partial charge < -0.3 is 9.47 Å². The van der Waals surface area contributed by atoms with Crippen LogP contribution in [0.5, 0.6) is 0 Å². The molecule has 1 saturated carbocycles. The predicted molar refractivity (Wildman–Crippen MR) is 70.2 cm³/mol. The molecule has 1 aliphatic heterocycles. The summed E-state index contributed by atoms with van der Waals surface area (Å²) >= 11 is 0. The summed E-state index contributed by atoms with van der Waals surface area (Å²) < 4.78 is 10.8. The van der Waals surface area contributed by atoms with Crippen LogP contribution in [0.15, 0.2) is 0 Å². The molecule has 0 N–H and O–H groups in total. The molecule has 0 radical (unpaired) electrons. The fourth-order valence-electron chi connectivity index (χ4n) is 3.12. The Labute approximate surface area is 110 Å². The number of esters is 1. The molecule has 1 aliphatic carbocycles. The standard InChI is InChI=1S/C15H26O3/c1-10(12-6-5-7-15(3,4)9-12)18-14(16)8-13-11(2)17-13/h10-13H,5-9H2,1-4H3/t10-,11+,12?,13+/m1/s1. The number of epoxide rings is 1. The Hall–Kier alpha value is -0.570. The van der Waals surface area contributed by atoms with Crippen molar-refractivity contribution in [3.05, 3.63) is 0 Å². The average molecular weight is 254 g/mol. The molecule has 2 aliphatic rings. The molecule has 0 aromatic carbocycles. The third kappa shape index (κ3) is 3.71. The first-order chi connectivity index (χ1) is 8.37. The highest BCUT2D eigenvalue weighted by Gasteiger charge is 2.38. The fourth-order valence-corrected chi connectivity index (χ4v) is 3.12. The van der Waals surface area contributed by atoms with Crippen LogP contribution in [0.4, 0.5) is 0 Å². The molecule has 1 unspecified atom stereocenters. The minimum Gasteiger partial charge on any atom is -0.462 e. The first kappa shape index (κ1) is 13.9. The molecule has 1 heterocycles. The van der Waals surface area contributed by atoms with E-state index < -0.39 is 0 Å². The highest BCUT2D eigenvalue weighted by atomic mass is 16.6. The van der Waals surface area contributed by atoms with Crippen LogP contribution in [0.25, 0.3) is 0 Å². The molecule has 0 amide bonds. The van der Waals surface area contributed by atoms with Crippen molar-refractivity contribution in [2.24, 2.45) is 11.3 Å². The molecule has 0 aromatic rings. The molecule has 4 atom stereocenters. The molecule has 18 heavy (non-hydrogen) atoms. The van der Waals surface area contributed by atoms with E-state index in [1.807, 2.05) is 13.8 Å². The zero-order chi connectivity index (χ0) is 13.3. The molecular weight excluding hydrogens is 228 g/mol. The van der Waals surface area contributed by atoms with Gasteiger partial charge in [0.2, 0.25) is 0 Å². The second-order valence-corrected chi connectivity index (χ2v) is 6.80. The van der Waals surface area contributed by atoms with Gasteiger partial charge in [0, 0.05) is 0 Å². The van der Waals surface area contributed by atoms with Crippen molar-refractivity contribution in [1.29, 1.82) is 0 Å². The van der Waals surface area contributed by atoms with Gasteiger partial charge in [0.25, 0.3) is 0 Å². The largest absolute Gasteiger partial charge is 0.462 e. The maximum absolute atomic E-state index is 11.8. The van der Waals surface area contributed by atoms with Gasteiger partial charge in [-0.3, -0.25) is 4.79 Å². The summed E-state index contributed by atoms with van der Waals surface area (Å²) in [6.45, 7) is 8.66. The van der Waals surface area contributed by atoms with Gasteiger partial charge in [0.1, 0.15) is 6.10 Å². The summed E-state index contributed by atoms with van der Waals surface area (Å²) in [5.74, 6) is 0.426. The molecule has 0 aromatic heterocycles. The van der Waals surface area contributed by atoms with Crippen molar-refractivity contribution in [2.75, 3.05) is 0 Å². The van der Waals surface area contributed by atoms with Gasteiger partial charge in [-0.25, -0.2) is 0 Å². The smallest absolute Gasteiger partial charge is 0.308 e. The number of hydrogen-bond donors (Lipinski definition) is 0. The van der Waals surface area contributed by atoms with Crippen LogP contribution < -0.4 is 0 Å². The zero-order valence-corrected chi connectivity index (χ0v) is 12.1. The third-order valence-corrected chi connectivity index (χ3v) is 4.43. The minimum absolute atomic E-state index is 0.0473. The van der Waals surface area contributed by atoms with E-state index in [4.69, 9.17) is 9.47 Å². The first-order valence-corrected chi connectivity index (χ1v) is 7.22.